The van der Waals surface area contributed by atoms with Gasteiger partial charge >= 0.3 is 0 Å². The SMILES string of the molecule is CC(C)(C)C(P)(c1ccc[c-]1C(P)(C(C)(C)C)C(C)(C)C)C(C)(C)C.[Fe].[cH-]1[cH-][cH-][cH-][cH-]1. The third-order valence-electron chi connectivity index (χ3n) is 6.95. The van der Waals surface area contributed by atoms with Gasteiger partial charge < -0.3 is 30.3 Å². The largest absolute Gasteiger partial charge is 0.748 e. The summed E-state index contributed by atoms with van der Waals surface area (Å²) in [5.74, 6) is 0. The topological polar surface area (TPSA) is 0 Å². The van der Waals surface area contributed by atoms with Gasteiger partial charge in [-0.15, -0.1) is 24.0 Å². The molecule has 0 saturated carbocycles. The maximum absolute atomic E-state index is 3.28. The molecule has 184 valence electrons. The summed E-state index contributed by atoms with van der Waals surface area (Å²) in [6.45, 7) is 28.5. The van der Waals surface area contributed by atoms with Crippen LogP contribution in [0.25, 0.3) is 0 Å². The molecule has 2 rings (SSSR count). The van der Waals surface area contributed by atoms with Gasteiger partial charge in [0.2, 0.25) is 0 Å². The molecule has 0 heterocycles. The predicted molar refractivity (Wildman–Crippen MR) is 145 cm³/mol. The second-order valence-electron chi connectivity index (χ2n) is 12.9. The van der Waals surface area contributed by atoms with E-state index in [4.69, 9.17) is 0 Å². The van der Waals surface area contributed by atoms with E-state index in [-0.39, 0.29) is 49.0 Å². The summed E-state index contributed by atoms with van der Waals surface area (Å²) in [5, 5.41) is -0.0334. The van der Waals surface area contributed by atoms with Crippen molar-refractivity contribution in [3.63, 3.8) is 0 Å². The van der Waals surface area contributed by atoms with Crippen LogP contribution in [0.4, 0.5) is 0 Å². The second kappa shape index (κ2) is 10.1. The van der Waals surface area contributed by atoms with Crippen LogP contribution < -0.4 is 0 Å². The molecule has 0 aliphatic rings. The standard InChI is InChI=1S/C23H43P2.C5H5.Fe/c1-18(2,3)22(24,19(4,5)6)16-14-13-15-17(16)23(25,20(7,8)9)21(10,11)12;1-2-4-5-3-1;/h13-15H,24-25H2,1-12H3;1-5H;/q-1;-5;. The predicted octanol–water partition coefficient (Wildman–Crippen LogP) is 9.13. The van der Waals surface area contributed by atoms with Crippen molar-refractivity contribution in [2.45, 2.75) is 93.4 Å². The van der Waals surface area contributed by atoms with Gasteiger partial charge in [0.05, 0.1) is 0 Å². The van der Waals surface area contributed by atoms with E-state index in [1.54, 1.807) is 0 Å². The van der Waals surface area contributed by atoms with Crippen LogP contribution in [0.15, 0.2) is 48.5 Å². The molecule has 2 aromatic rings. The summed E-state index contributed by atoms with van der Waals surface area (Å²) in [5.41, 5.74) is 3.47. The zero-order valence-corrected chi connectivity index (χ0v) is 25.5. The minimum absolute atomic E-state index is 0. The van der Waals surface area contributed by atoms with E-state index in [0.717, 1.165) is 0 Å². The first-order valence-electron chi connectivity index (χ1n) is 11.2. The van der Waals surface area contributed by atoms with Crippen LogP contribution >= 0.6 is 18.5 Å². The van der Waals surface area contributed by atoms with E-state index in [9.17, 15) is 0 Å². The summed E-state index contributed by atoms with van der Waals surface area (Å²) >= 11 is 0. The zero-order valence-electron chi connectivity index (χ0n) is 22.1. The Morgan fingerprint density at radius 2 is 0.935 bits per heavy atom. The Morgan fingerprint density at radius 3 is 1.19 bits per heavy atom. The molecular formula is C28H48FeP2-6. The van der Waals surface area contributed by atoms with E-state index in [2.05, 4.69) is 120 Å². The van der Waals surface area contributed by atoms with Gasteiger partial charge in [-0.05, 0) is 32.0 Å². The van der Waals surface area contributed by atoms with Crippen LogP contribution in [0, 0.1) is 21.7 Å². The molecule has 2 atom stereocenters. The normalized spacial score (nSPS) is 13.9. The summed E-state index contributed by atoms with van der Waals surface area (Å²) in [6, 6.07) is 17.0. The minimum Gasteiger partial charge on any atom is -0.748 e. The van der Waals surface area contributed by atoms with Crippen LogP contribution in [-0.2, 0) is 27.4 Å². The molecule has 0 nitrogen and oxygen atoms in total. The smallest absolute Gasteiger partial charge is 0 e. The summed E-state index contributed by atoms with van der Waals surface area (Å²) in [4.78, 5) is 0. The molecule has 0 saturated heterocycles. The molecule has 0 aliphatic heterocycles. The maximum Gasteiger partial charge on any atom is 0 e. The Kier molecular flexibility index (Phi) is 10.2. The molecule has 0 N–H and O–H groups in total. The maximum atomic E-state index is 3.28. The van der Waals surface area contributed by atoms with Crippen molar-refractivity contribution >= 4 is 18.5 Å². The Balaban J connectivity index is 0.00000131. The molecular weight excluding hydrogens is 454 g/mol. The van der Waals surface area contributed by atoms with Gasteiger partial charge in [-0.1, -0.05) is 83.1 Å². The quantitative estimate of drug-likeness (QED) is 0.218. The van der Waals surface area contributed by atoms with E-state index in [1.807, 2.05) is 30.3 Å². The van der Waals surface area contributed by atoms with Crippen LogP contribution in [-0.4, -0.2) is 0 Å². The van der Waals surface area contributed by atoms with Crippen molar-refractivity contribution in [1.29, 1.82) is 0 Å². The molecule has 0 aliphatic carbocycles. The van der Waals surface area contributed by atoms with Gasteiger partial charge in [0.1, 0.15) is 0 Å². The molecule has 0 radical (unpaired) electrons. The van der Waals surface area contributed by atoms with Crippen molar-refractivity contribution in [2.24, 2.45) is 21.7 Å². The Bertz CT molecular complexity index is 671. The van der Waals surface area contributed by atoms with Gasteiger partial charge in [0, 0.05) is 17.1 Å². The zero-order chi connectivity index (χ0) is 23.8. The minimum atomic E-state index is -0.0167. The van der Waals surface area contributed by atoms with Crippen molar-refractivity contribution < 1.29 is 17.1 Å². The number of hydrogen-bond donors (Lipinski definition) is 0. The van der Waals surface area contributed by atoms with E-state index >= 15 is 0 Å². The van der Waals surface area contributed by atoms with Gasteiger partial charge in [-0.25, -0.2) is 12.1 Å². The third kappa shape index (κ3) is 5.96. The van der Waals surface area contributed by atoms with Crippen LogP contribution in [0.5, 0.6) is 0 Å². The Morgan fingerprint density at radius 1 is 0.613 bits per heavy atom. The molecule has 31 heavy (non-hydrogen) atoms. The fourth-order valence-electron chi connectivity index (χ4n) is 5.29. The molecule has 0 fully saturated rings. The fourth-order valence-corrected chi connectivity index (χ4v) is 5.80. The van der Waals surface area contributed by atoms with Crippen molar-refractivity contribution in [2.75, 3.05) is 0 Å². The molecule has 2 aromatic carbocycles. The molecule has 2 unspecified atom stereocenters. The first-order chi connectivity index (χ1) is 13.2. The van der Waals surface area contributed by atoms with Gasteiger partial charge in [-0.3, -0.25) is 0 Å². The summed E-state index contributed by atoms with van der Waals surface area (Å²) in [7, 11) is 6.55. The Hall–Kier alpha value is 0.0795. The first kappa shape index (κ1) is 31.1. The van der Waals surface area contributed by atoms with Gasteiger partial charge in [0.15, 0.2) is 0 Å². The van der Waals surface area contributed by atoms with E-state index in [1.165, 1.54) is 11.1 Å². The molecule has 0 spiro atoms. The van der Waals surface area contributed by atoms with Crippen molar-refractivity contribution in [3.8, 4) is 0 Å². The van der Waals surface area contributed by atoms with Gasteiger partial charge in [-0.2, -0.15) is 11.6 Å². The van der Waals surface area contributed by atoms with Gasteiger partial charge in [0.25, 0.3) is 0 Å². The van der Waals surface area contributed by atoms with Crippen LogP contribution in [0.3, 0.4) is 0 Å². The first-order valence-corrected chi connectivity index (χ1v) is 12.4. The number of hydrogen-bond acceptors (Lipinski definition) is 0. The second-order valence-corrected chi connectivity index (χ2v) is 14.7. The molecule has 3 heteroatoms. The summed E-state index contributed by atoms with van der Waals surface area (Å²) < 4.78 is 0. The average molecular weight is 502 g/mol. The monoisotopic (exact) mass is 502 g/mol. The average Bonchev–Trinajstić information content (AvgIpc) is 3.23. The van der Waals surface area contributed by atoms with Crippen LogP contribution in [0.2, 0.25) is 0 Å². The van der Waals surface area contributed by atoms with Crippen LogP contribution in [0.1, 0.15) is 94.2 Å². The van der Waals surface area contributed by atoms with E-state index < -0.39 is 0 Å². The van der Waals surface area contributed by atoms with Crippen molar-refractivity contribution in [3.05, 3.63) is 59.7 Å². The summed E-state index contributed by atoms with van der Waals surface area (Å²) in [6.07, 6.45) is 0. The Labute approximate surface area is 209 Å². The fraction of sp³-hybridized carbons (Fsp3) is 0.643. The van der Waals surface area contributed by atoms with Crippen molar-refractivity contribution in [1.82, 2.24) is 0 Å². The van der Waals surface area contributed by atoms with E-state index in [0.29, 0.717) is 0 Å². The number of rotatable bonds is 2. The molecule has 0 amide bonds. The molecule has 0 bridgehead atoms. The third-order valence-corrected chi connectivity index (χ3v) is 11.0. The molecule has 0 aromatic heterocycles.